The number of nitro benzene ring substituents is 1. The Morgan fingerprint density at radius 3 is 2.70 bits per heavy atom. The summed E-state index contributed by atoms with van der Waals surface area (Å²) in [6, 6.07) is 6.81. The van der Waals surface area contributed by atoms with E-state index >= 15 is 0 Å². The molecule has 0 fully saturated rings. The molecule has 1 aromatic rings. The molecule has 0 aliphatic carbocycles. The van der Waals surface area contributed by atoms with Crippen molar-refractivity contribution >= 4 is 11.4 Å². The third-order valence-electron chi connectivity index (χ3n) is 3.17. The van der Waals surface area contributed by atoms with Crippen LogP contribution in [0.25, 0.3) is 0 Å². The van der Waals surface area contributed by atoms with Crippen LogP contribution in [0.1, 0.15) is 26.3 Å². The maximum Gasteiger partial charge on any atom is 0.293 e. The maximum absolute atomic E-state index is 11.0. The first-order chi connectivity index (χ1) is 9.49. The van der Waals surface area contributed by atoms with E-state index in [1.807, 2.05) is 6.07 Å². The van der Waals surface area contributed by atoms with Gasteiger partial charge < -0.3 is 5.32 Å². The highest BCUT2D eigenvalue weighted by atomic mass is 16.6. The lowest BCUT2D eigenvalue weighted by atomic mass is 10.2. The second-order valence-corrected chi connectivity index (χ2v) is 4.75. The van der Waals surface area contributed by atoms with Crippen LogP contribution in [-0.2, 0) is 0 Å². The molecule has 0 atom stereocenters. The Morgan fingerprint density at radius 2 is 2.20 bits per heavy atom. The Morgan fingerprint density at radius 1 is 1.50 bits per heavy atom. The van der Waals surface area contributed by atoms with Crippen LogP contribution in [0.15, 0.2) is 18.2 Å². The number of nitro groups is 1. The van der Waals surface area contributed by atoms with Crippen molar-refractivity contribution in [1.82, 2.24) is 4.90 Å². The molecule has 0 radical (unpaired) electrons. The molecule has 0 amide bonds. The fraction of sp³-hybridized carbons (Fsp3) is 0.500. The number of anilines is 1. The van der Waals surface area contributed by atoms with Crippen molar-refractivity contribution in [3.8, 4) is 6.07 Å². The minimum atomic E-state index is -0.469. The molecule has 1 N–H and O–H groups in total. The van der Waals surface area contributed by atoms with Crippen molar-refractivity contribution in [3.63, 3.8) is 0 Å². The lowest BCUT2D eigenvalue weighted by Gasteiger charge is -2.24. The van der Waals surface area contributed by atoms with Gasteiger partial charge in [0.25, 0.3) is 5.69 Å². The van der Waals surface area contributed by atoms with Crippen LogP contribution in [-0.4, -0.2) is 35.5 Å². The third kappa shape index (κ3) is 4.21. The van der Waals surface area contributed by atoms with Gasteiger partial charge in [-0.05, 0) is 32.5 Å². The van der Waals surface area contributed by atoms with Gasteiger partial charge in [-0.25, -0.2) is 0 Å². The first-order valence-electron chi connectivity index (χ1n) is 6.66. The molecular weight excluding hydrogens is 256 g/mol. The van der Waals surface area contributed by atoms with Crippen molar-refractivity contribution < 1.29 is 4.92 Å². The number of likely N-dealkylation sites (N-methyl/N-ethyl adjacent to an activating group) is 1. The SMILES string of the molecule is CCN(CCNc1ccc(C#N)cc1[N+](=O)[O-])C(C)C. The average molecular weight is 276 g/mol. The number of nitrogens with one attached hydrogen (secondary N) is 1. The molecule has 20 heavy (non-hydrogen) atoms. The van der Waals surface area contributed by atoms with E-state index in [2.05, 4.69) is 31.0 Å². The molecule has 0 aromatic heterocycles. The quantitative estimate of drug-likeness (QED) is 0.611. The molecule has 0 bridgehead atoms. The van der Waals surface area contributed by atoms with Crippen LogP contribution in [0.2, 0.25) is 0 Å². The Balaban J connectivity index is 2.73. The van der Waals surface area contributed by atoms with E-state index < -0.39 is 4.92 Å². The fourth-order valence-electron chi connectivity index (χ4n) is 2.02. The van der Waals surface area contributed by atoms with Crippen molar-refractivity contribution in [1.29, 1.82) is 5.26 Å². The summed E-state index contributed by atoms with van der Waals surface area (Å²) >= 11 is 0. The van der Waals surface area contributed by atoms with Crippen LogP contribution in [0.5, 0.6) is 0 Å². The predicted octanol–water partition coefficient (Wildman–Crippen LogP) is 2.61. The standard InChI is InChI=1S/C14H20N4O2/c1-4-17(11(2)3)8-7-16-13-6-5-12(10-15)9-14(13)18(19)20/h5-6,9,11,16H,4,7-8H2,1-3H3. The first kappa shape index (κ1) is 15.9. The van der Waals surface area contributed by atoms with Crippen LogP contribution >= 0.6 is 0 Å². The second kappa shape index (κ2) is 7.46. The minimum Gasteiger partial charge on any atom is -0.378 e. The summed E-state index contributed by atoms with van der Waals surface area (Å²) in [7, 11) is 0. The van der Waals surface area contributed by atoms with Gasteiger partial charge in [0.15, 0.2) is 0 Å². The second-order valence-electron chi connectivity index (χ2n) is 4.75. The lowest BCUT2D eigenvalue weighted by Crippen LogP contribution is -2.34. The zero-order valence-electron chi connectivity index (χ0n) is 12.1. The molecule has 0 spiro atoms. The zero-order chi connectivity index (χ0) is 15.1. The largest absolute Gasteiger partial charge is 0.378 e. The average Bonchev–Trinajstić information content (AvgIpc) is 2.43. The highest BCUT2D eigenvalue weighted by molar-refractivity contribution is 5.64. The van der Waals surface area contributed by atoms with E-state index in [1.54, 1.807) is 12.1 Å². The Labute approximate surface area is 119 Å². The molecule has 1 rings (SSSR count). The molecule has 6 heteroatoms. The van der Waals surface area contributed by atoms with Gasteiger partial charge in [0, 0.05) is 25.2 Å². The normalized spacial score (nSPS) is 10.6. The van der Waals surface area contributed by atoms with Crippen molar-refractivity contribution in [2.45, 2.75) is 26.8 Å². The molecule has 1 aromatic carbocycles. The summed E-state index contributed by atoms with van der Waals surface area (Å²) < 4.78 is 0. The Hall–Kier alpha value is -2.13. The van der Waals surface area contributed by atoms with Gasteiger partial charge in [0.1, 0.15) is 5.69 Å². The number of rotatable bonds is 7. The number of benzene rings is 1. The summed E-state index contributed by atoms with van der Waals surface area (Å²) in [6.45, 7) is 8.70. The van der Waals surface area contributed by atoms with E-state index in [1.165, 1.54) is 6.07 Å². The smallest absolute Gasteiger partial charge is 0.293 e. The van der Waals surface area contributed by atoms with Crippen LogP contribution in [0.4, 0.5) is 11.4 Å². The monoisotopic (exact) mass is 276 g/mol. The van der Waals surface area contributed by atoms with Crippen LogP contribution in [0, 0.1) is 21.4 Å². The van der Waals surface area contributed by atoms with E-state index in [-0.39, 0.29) is 5.69 Å². The summed E-state index contributed by atoms with van der Waals surface area (Å²) in [6.07, 6.45) is 0. The van der Waals surface area contributed by atoms with Gasteiger partial charge in [0.05, 0.1) is 16.6 Å². The first-order valence-corrected chi connectivity index (χ1v) is 6.66. The van der Waals surface area contributed by atoms with Crippen LogP contribution < -0.4 is 5.32 Å². The molecular formula is C14H20N4O2. The Kier molecular flexibility index (Phi) is 5.94. The van der Waals surface area contributed by atoms with Gasteiger partial charge in [-0.1, -0.05) is 6.92 Å². The summed E-state index contributed by atoms with van der Waals surface area (Å²) in [5.41, 5.74) is 0.685. The summed E-state index contributed by atoms with van der Waals surface area (Å²) in [5.74, 6) is 0. The van der Waals surface area contributed by atoms with Crippen molar-refractivity contribution in [2.24, 2.45) is 0 Å². The zero-order valence-corrected chi connectivity index (χ0v) is 12.1. The molecule has 0 aliphatic rings. The number of nitrogens with zero attached hydrogens (tertiary/aromatic N) is 3. The van der Waals surface area contributed by atoms with Gasteiger partial charge >= 0.3 is 0 Å². The highest BCUT2D eigenvalue weighted by Gasteiger charge is 2.14. The molecule has 0 heterocycles. The Bertz CT molecular complexity index is 508. The third-order valence-corrected chi connectivity index (χ3v) is 3.17. The van der Waals surface area contributed by atoms with Gasteiger partial charge in [0.2, 0.25) is 0 Å². The highest BCUT2D eigenvalue weighted by Crippen LogP contribution is 2.25. The maximum atomic E-state index is 11.0. The molecule has 0 aliphatic heterocycles. The minimum absolute atomic E-state index is 0.0587. The fourth-order valence-corrected chi connectivity index (χ4v) is 2.02. The molecule has 108 valence electrons. The molecule has 0 saturated heterocycles. The van der Waals surface area contributed by atoms with Crippen LogP contribution in [0.3, 0.4) is 0 Å². The number of nitriles is 1. The topological polar surface area (TPSA) is 82.2 Å². The van der Waals surface area contributed by atoms with E-state index in [4.69, 9.17) is 5.26 Å². The van der Waals surface area contributed by atoms with Gasteiger partial charge in [-0.3, -0.25) is 15.0 Å². The number of hydrogen-bond acceptors (Lipinski definition) is 5. The van der Waals surface area contributed by atoms with Gasteiger partial charge in [-0.2, -0.15) is 5.26 Å². The van der Waals surface area contributed by atoms with Crippen molar-refractivity contribution in [3.05, 3.63) is 33.9 Å². The van der Waals surface area contributed by atoms with E-state index in [9.17, 15) is 10.1 Å². The summed E-state index contributed by atoms with van der Waals surface area (Å²) in [4.78, 5) is 12.8. The van der Waals surface area contributed by atoms with E-state index in [0.717, 1.165) is 13.1 Å². The summed E-state index contributed by atoms with van der Waals surface area (Å²) in [5, 5.41) is 22.8. The molecule has 0 saturated carbocycles. The molecule has 6 nitrogen and oxygen atoms in total. The van der Waals surface area contributed by atoms with Crippen molar-refractivity contribution in [2.75, 3.05) is 25.0 Å². The molecule has 0 unspecified atom stereocenters. The van der Waals surface area contributed by atoms with Gasteiger partial charge in [-0.15, -0.1) is 0 Å². The number of hydrogen-bond donors (Lipinski definition) is 1. The predicted molar refractivity (Wildman–Crippen MR) is 78.7 cm³/mol. The lowest BCUT2D eigenvalue weighted by molar-refractivity contribution is -0.384. The van der Waals surface area contributed by atoms with E-state index in [0.29, 0.717) is 23.8 Å².